The van der Waals surface area contributed by atoms with Gasteiger partial charge in [0.05, 0.1) is 17.4 Å². The maximum Gasteiger partial charge on any atom is 0.433 e. The van der Waals surface area contributed by atoms with Gasteiger partial charge in [0.15, 0.2) is 40.0 Å². The molecule has 5 heterocycles. The van der Waals surface area contributed by atoms with Crippen LogP contribution in [0.1, 0.15) is 77.9 Å². The summed E-state index contributed by atoms with van der Waals surface area (Å²) in [5.74, 6) is 1.88. The van der Waals surface area contributed by atoms with Crippen LogP contribution in [0.5, 0.6) is 23.0 Å². The molecule has 1 fully saturated rings. The average molecular weight is 708 g/mol. The lowest BCUT2D eigenvalue weighted by molar-refractivity contribution is -0.142. The Balaban J connectivity index is 1.13. The second-order valence-corrected chi connectivity index (χ2v) is 13.6. The number of carbonyl (C=O) groups is 1. The van der Waals surface area contributed by atoms with Gasteiger partial charge in [-0.25, -0.2) is 14.5 Å². The van der Waals surface area contributed by atoms with E-state index < -0.39 is 23.8 Å². The zero-order valence-corrected chi connectivity index (χ0v) is 28.2. The minimum Gasteiger partial charge on any atom is -0.454 e. The number of hydrazone groups is 1. The number of benzene rings is 3. The molecule has 2 atom stereocenters. The molecule has 5 aromatic rings. The quantitative estimate of drug-likeness (QED) is 0.181. The van der Waals surface area contributed by atoms with E-state index in [1.165, 1.54) is 11.1 Å². The predicted octanol–water partition coefficient (Wildman–Crippen LogP) is 8.43. The zero-order chi connectivity index (χ0) is 35.7. The number of allylic oxidation sites excluding steroid dienone is 1. The molecule has 0 radical (unpaired) electrons. The molecule has 1 amide bonds. The highest BCUT2D eigenvalue weighted by atomic mass is 19.4. The molecule has 13 heteroatoms. The van der Waals surface area contributed by atoms with Crippen molar-refractivity contribution in [3.05, 3.63) is 106 Å². The lowest BCUT2D eigenvalue weighted by Gasteiger charge is -2.29. The van der Waals surface area contributed by atoms with Crippen LogP contribution >= 0.6 is 0 Å². The first kappa shape index (κ1) is 32.1. The van der Waals surface area contributed by atoms with E-state index in [1.807, 2.05) is 62.4 Å². The molecule has 52 heavy (non-hydrogen) atoms. The first-order valence-electron chi connectivity index (χ1n) is 17.1. The van der Waals surface area contributed by atoms with Crippen LogP contribution in [0, 0.1) is 5.92 Å². The van der Waals surface area contributed by atoms with Crippen LogP contribution in [0.15, 0.2) is 83.5 Å². The molecule has 0 bridgehead atoms. The highest BCUT2D eigenvalue weighted by Gasteiger charge is 2.45. The summed E-state index contributed by atoms with van der Waals surface area (Å²) in [6.45, 7) is 4.33. The Labute approximate surface area is 296 Å². The molecular formula is C39H32F3N5O5. The summed E-state index contributed by atoms with van der Waals surface area (Å²) in [6, 6.07) is 20.2. The summed E-state index contributed by atoms with van der Waals surface area (Å²) < 4.78 is 66.6. The number of aromatic nitrogens is 3. The van der Waals surface area contributed by atoms with Gasteiger partial charge < -0.3 is 18.9 Å². The number of ether oxygens (including phenoxy) is 4. The second kappa shape index (κ2) is 12.1. The molecule has 1 aliphatic carbocycles. The molecule has 0 N–H and O–H groups in total. The molecule has 2 aromatic heterocycles. The molecule has 1 saturated carbocycles. The first-order valence-corrected chi connectivity index (χ1v) is 17.1. The van der Waals surface area contributed by atoms with Crippen LogP contribution < -0.4 is 18.9 Å². The van der Waals surface area contributed by atoms with Gasteiger partial charge in [-0.2, -0.15) is 23.4 Å². The molecule has 0 spiro atoms. The molecule has 3 aliphatic heterocycles. The molecule has 4 aliphatic rings. The van der Waals surface area contributed by atoms with E-state index in [0.29, 0.717) is 33.1 Å². The summed E-state index contributed by atoms with van der Waals surface area (Å²) in [7, 11) is 0. The number of halogens is 3. The van der Waals surface area contributed by atoms with Crippen LogP contribution in [-0.2, 0) is 6.18 Å². The summed E-state index contributed by atoms with van der Waals surface area (Å²) in [4.78, 5) is 19.0. The number of alkyl halides is 3. The Bertz CT molecular complexity index is 2310. The van der Waals surface area contributed by atoms with E-state index in [0.717, 1.165) is 53.3 Å². The fraction of sp³-hybridized carbons (Fsp3) is 0.282. The van der Waals surface area contributed by atoms with Gasteiger partial charge in [-0.15, -0.1) is 0 Å². The SMILES string of the molecule is CC(C)c1ccc(-c2cc(C(F)(F)F)n3nc(C(=O)N4N=C5/C(=C\c6ccc7c(c6)OCO7)CCC[C@@H]5[C@H]4c4ccc5c(c4)OCO5)cc3n2)cc1. The van der Waals surface area contributed by atoms with E-state index in [1.54, 1.807) is 18.2 Å². The number of hydrogen-bond donors (Lipinski definition) is 0. The summed E-state index contributed by atoms with van der Waals surface area (Å²) in [5.41, 5.74) is 3.70. The van der Waals surface area contributed by atoms with Crippen LogP contribution in [0.25, 0.3) is 23.0 Å². The molecular weight excluding hydrogens is 675 g/mol. The third-order valence-corrected chi connectivity index (χ3v) is 10.00. The maximum absolute atomic E-state index is 14.5. The van der Waals surface area contributed by atoms with Gasteiger partial charge in [-0.05, 0) is 83.9 Å². The summed E-state index contributed by atoms with van der Waals surface area (Å²) in [6.07, 6.45) is -0.418. The number of nitrogens with zero attached hydrogens (tertiary/aromatic N) is 5. The van der Waals surface area contributed by atoms with Gasteiger partial charge in [0.2, 0.25) is 13.6 Å². The number of amides is 1. The fourth-order valence-electron chi connectivity index (χ4n) is 7.39. The topological polar surface area (TPSA) is 99.8 Å². The lowest BCUT2D eigenvalue weighted by atomic mass is 9.77. The third-order valence-electron chi connectivity index (χ3n) is 10.00. The van der Waals surface area contributed by atoms with E-state index in [-0.39, 0.29) is 42.5 Å². The van der Waals surface area contributed by atoms with Crippen molar-refractivity contribution in [1.29, 1.82) is 0 Å². The minimum atomic E-state index is -4.77. The van der Waals surface area contributed by atoms with Crippen molar-refractivity contribution in [1.82, 2.24) is 19.6 Å². The fourth-order valence-corrected chi connectivity index (χ4v) is 7.39. The van der Waals surface area contributed by atoms with Crippen molar-refractivity contribution in [2.45, 2.75) is 51.2 Å². The smallest absolute Gasteiger partial charge is 0.433 e. The summed E-state index contributed by atoms with van der Waals surface area (Å²) in [5, 5.41) is 10.5. The second-order valence-electron chi connectivity index (χ2n) is 13.6. The molecule has 9 rings (SSSR count). The Morgan fingerprint density at radius 2 is 1.60 bits per heavy atom. The number of carbonyl (C=O) groups excluding carboxylic acids is 1. The van der Waals surface area contributed by atoms with Crippen LogP contribution in [-0.4, -0.2) is 44.8 Å². The van der Waals surface area contributed by atoms with Crippen LogP contribution in [0.2, 0.25) is 0 Å². The molecule has 0 unspecified atom stereocenters. The Morgan fingerprint density at radius 3 is 2.33 bits per heavy atom. The Kier molecular flexibility index (Phi) is 7.49. The van der Waals surface area contributed by atoms with Gasteiger partial charge in [-0.1, -0.05) is 50.2 Å². The lowest BCUT2D eigenvalue weighted by Crippen LogP contribution is -2.32. The van der Waals surface area contributed by atoms with Gasteiger partial charge in [0, 0.05) is 17.5 Å². The van der Waals surface area contributed by atoms with Crippen molar-refractivity contribution in [3.8, 4) is 34.3 Å². The number of hydrogen-bond acceptors (Lipinski definition) is 8. The molecule has 0 saturated heterocycles. The standard InChI is InChI=1S/C39H32F3N5O5/c1-21(2)23-7-9-24(10-8-23)28-17-34(39(40,41)42)46-35(43-28)18-29(44-46)38(48)47-37(26-11-13-31-33(16-26)52-20-50-31)27-5-3-4-25(36(27)45-47)14-22-6-12-30-32(15-22)51-19-49-30/h6-18,21,27,37H,3-5,19-20H2,1-2H3/b25-14-/t27-,37+/m0/s1. The largest absolute Gasteiger partial charge is 0.454 e. The van der Waals surface area contributed by atoms with Crippen LogP contribution in [0.4, 0.5) is 13.2 Å². The van der Waals surface area contributed by atoms with E-state index in [4.69, 9.17) is 24.0 Å². The zero-order valence-electron chi connectivity index (χ0n) is 28.2. The van der Waals surface area contributed by atoms with E-state index in [9.17, 15) is 18.0 Å². The first-order chi connectivity index (χ1) is 25.1. The normalized spacial score (nSPS) is 19.8. The average Bonchev–Trinajstić information content (AvgIpc) is 3.95. The molecule has 264 valence electrons. The molecule has 10 nitrogen and oxygen atoms in total. The highest BCUT2D eigenvalue weighted by Crippen LogP contribution is 2.47. The maximum atomic E-state index is 14.5. The minimum absolute atomic E-state index is 0.0827. The van der Waals surface area contributed by atoms with E-state index in [2.05, 4.69) is 10.1 Å². The van der Waals surface area contributed by atoms with Crippen molar-refractivity contribution < 1.29 is 36.9 Å². The number of rotatable bonds is 5. The van der Waals surface area contributed by atoms with Gasteiger partial charge >= 0.3 is 6.18 Å². The number of fused-ring (bicyclic) bond motifs is 4. The summed E-state index contributed by atoms with van der Waals surface area (Å²) >= 11 is 0. The van der Waals surface area contributed by atoms with Crippen LogP contribution in [0.3, 0.4) is 0 Å². The van der Waals surface area contributed by atoms with E-state index >= 15 is 0 Å². The van der Waals surface area contributed by atoms with Gasteiger partial charge in [-0.3, -0.25) is 4.79 Å². The third kappa shape index (κ3) is 5.51. The van der Waals surface area contributed by atoms with Crippen molar-refractivity contribution in [3.63, 3.8) is 0 Å². The monoisotopic (exact) mass is 707 g/mol. The van der Waals surface area contributed by atoms with Gasteiger partial charge in [0.1, 0.15) is 0 Å². The molecule has 3 aromatic carbocycles. The predicted molar refractivity (Wildman–Crippen MR) is 184 cm³/mol. The van der Waals surface area contributed by atoms with Crippen molar-refractivity contribution in [2.24, 2.45) is 11.0 Å². The van der Waals surface area contributed by atoms with Crippen molar-refractivity contribution in [2.75, 3.05) is 13.6 Å². The van der Waals surface area contributed by atoms with Gasteiger partial charge in [0.25, 0.3) is 5.91 Å². The van der Waals surface area contributed by atoms with Crippen molar-refractivity contribution >= 4 is 23.3 Å². The Hall–Kier alpha value is -5.85. The Morgan fingerprint density at radius 1 is 0.885 bits per heavy atom. The highest BCUT2D eigenvalue weighted by molar-refractivity contribution is 6.09.